The summed E-state index contributed by atoms with van der Waals surface area (Å²) in [6.45, 7) is 8.64. The molecule has 1 rings (SSSR count). The summed E-state index contributed by atoms with van der Waals surface area (Å²) in [7, 11) is 0. The van der Waals surface area contributed by atoms with Crippen molar-refractivity contribution >= 4 is 0 Å². The molecule has 0 aliphatic heterocycles. The Morgan fingerprint density at radius 2 is 2.12 bits per heavy atom. The lowest BCUT2D eigenvalue weighted by molar-refractivity contribution is 0.419. The Kier molecular flexibility index (Phi) is 6.87. The smallest absolute Gasteiger partial charge is 0.0372 e. The van der Waals surface area contributed by atoms with Gasteiger partial charge >= 0.3 is 0 Å². The SMILES string of the molecule is CCCCC(CC)CNCc1ccc(C)nc1. The number of aryl methyl sites for hydroxylation is 1. The number of rotatable bonds is 8. The molecule has 17 heavy (non-hydrogen) atoms. The van der Waals surface area contributed by atoms with E-state index >= 15 is 0 Å². The molecule has 1 aromatic heterocycles. The quantitative estimate of drug-likeness (QED) is 0.742. The van der Waals surface area contributed by atoms with Gasteiger partial charge in [-0.25, -0.2) is 0 Å². The monoisotopic (exact) mass is 234 g/mol. The van der Waals surface area contributed by atoms with E-state index in [0.717, 1.165) is 24.7 Å². The predicted molar refractivity (Wildman–Crippen MR) is 74.0 cm³/mol. The summed E-state index contributed by atoms with van der Waals surface area (Å²) < 4.78 is 0. The van der Waals surface area contributed by atoms with Crippen LogP contribution in [0.15, 0.2) is 18.3 Å². The lowest BCUT2D eigenvalue weighted by Gasteiger charge is -2.15. The zero-order chi connectivity index (χ0) is 12.5. The van der Waals surface area contributed by atoms with Crippen LogP contribution in [0.3, 0.4) is 0 Å². The predicted octanol–water partition coefficient (Wildman–Crippen LogP) is 3.70. The van der Waals surface area contributed by atoms with Crippen LogP contribution in [0.25, 0.3) is 0 Å². The average Bonchev–Trinajstić information content (AvgIpc) is 2.36. The highest BCUT2D eigenvalue weighted by atomic mass is 14.9. The first kappa shape index (κ1) is 14.2. The molecule has 0 aromatic carbocycles. The molecule has 0 spiro atoms. The normalized spacial score (nSPS) is 12.6. The second kappa shape index (κ2) is 8.24. The Morgan fingerprint density at radius 1 is 1.29 bits per heavy atom. The van der Waals surface area contributed by atoms with Gasteiger partial charge in [-0.2, -0.15) is 0 Å². The Hall–Kier alpha value is -0.890. The van der Waals surface area contributed by atoms with Crippen molar-refractivity contribution in [1.29, 1.82) is 0 Å². The Balaban J connectivity index is 2.23. The van der Waals surface area contributed by atoms with E-state index in [9.17, 15) is 0 Å². The molecule has 96 valence electrons. The molecule has 0 fully saturated rings. The van der Waals surface area contributed by atoms with Crippen molar-refractivity contribution in [1.82, 2.24) is 10.3 Å². The van der Waals surface area contributed by atoms with Gasteiger partial charge in [0, 0.05) is 18.4 Å². The van der Waals surface area contributed by atoms with Gasteiger partial charge in [0.1, 0.15) is 0 Å². The van der Waals surface area contributed by atoms with Crippen LogP contribution in [0.5, 0.6) is 0 Å². The van der Waals surface area contributed by atoms with Crippen molar-refractivity contribution in [2.75, 3.05) is 6.54 Å². The fourth-order valence-electron chi connectivity index (χ4n) is 1.97. The summed E-state index contributed by atoms with van der Waals surface area (Å²) in [5, 5.41) is 3.54. The molecule has 0 saturated carbocycles. The number of pyridine rings is 1. The van der Waals surface area contributed by atoms with E-state index in [0.29, 0.717) is 0 Å². The van der Waals surface area contributed by atoms with E-state index in [-0.39, 0.29) is 0 Å². The number of nitrogens with zero attached hydrogens (tertiary/aromatic N) is 1. The van der Waals surface area contributed by atoms with Crippen LogP contribution in [0.4, 0.5) is 0 Å². The summed E-state index contributed by atoms with van der Waals surface area (Å²) in [5.41, 5.74) is 2.36. The third-order valence-corrected chi connectivity index (χ3v) is 3.28. The number of hydrogen-bond donors (Lipinski definition) is 1. The first-order valence-electron chi connectivity index (χ1n) is 6.88. The molecule has 2 heteroatoms. The van der Waals surface area contributed by atoms with Crippen LogP contribution >= 0.6 is 0 Å². The van der Waals surface area contributed by atoms with Gasteiger partial charge in [-0.1, -0.05) is 39.2 Å². The van der Waals surface area contributed by atoms with Crippen LogP contribution in [-0.2, 0) is 6.54 Å². The molecule has 1 atom stereocenters. The lowest BCUT2D eigenvalue weighted by atomic mass is 9.99. The van der Waals surface area contributed by atoms with Crippen molar-refractivity contribution in [3.63, 3.8) is 0 Å². The van der Waals surface area contributed by atoms with Gasteiger partial charge in [-0.3, -0.25) is 4.98 Å². The highest BCUT2D eigenvalue weighted by Crippen LogP contribution is 2.11. The van der Waals surface area contributed by atoms with Gasteiger partial charge < -0.3 is 5.32 Å². The van der Waals surface area contributed by atoms with Crippen LogP contribution in [-0.4, -0.2) is 11.5 Å². The summed E-state index contributed by atoms with van der Waals surface area (Å²) in [6, 6.07) is 4.23. The second-order valence-electron chi connectivity index (χ2n) is 4.86. The van der Waals surface area contributed by atoms with E-state index in [1.54, 1.807) is 0 Å². The highest BCUT2D eigenvalue weighted by Gasteiger charge is 2.04. The van der Waals surface area contributed by atoms with Crippen molar-refractivity contribution in [2.45, 2.75) is 53.0 Å². The third-order valence-electron chi connectivity index (χ3n) is 3.28. The minimum Gasteiger partial charge on any atom is -0.312 e. The van der Waals surface area contributed by atoms with Gasteiger partial charge in [0.25, 0.3) is 0 Å². The standard InChI is InChI=1S/C15H26N2/c1-4-6-7-14(5-2)10-16-11-15-9-8-13(3)17-12-15/h8-9,12,14,16H,4-7,10-11H2,1-3H3. The van der Waals surface area contributed by atoms with Crippen LogP contribution in [0.2, 0.25) is 0 Å². The molecule has 1 unspecified atom stereocenters. The van der Waals surface area contributed by atoms with Crippen molar-refractivity contribution < 1.29 is 0 Å². The molecule has 0 aliphatic carbocycles. The Labute approximate surface area is 106 Å². The van der Waals surface area contributed by atoms with Gasteiger partial charge in [0.05, 0.1) is 0 Å². The zero-order valence-electron chi connectivity index (χ0n) is 11.5. The fourth-order valence-corrected chi connectivity index (χ4v) is 1.97. The molecule has 1 aromatic rings. The van der Waals surface area contributed by atoms with E-state index in [1.165, 1.54) is 31.2 Å². The maximum Gasteiger partial charge on any atom is 0.0372 e. The first-order chi connectivity index (χ1) is 8.26. The topological polar surface area (TPSA) is 24.9 Å². The van der Waals surface area contributed by atoms with Gasteiger partial charge in [0.2, 0.25) is 0 Å². The number of nitrogens with one attached hydrogen (secondary N) is 1. The molecule has 0 radical (unpaired) electrons. The maximum absolute atomic E-state index is 4.31. The van der Waals surface area contributed by atoms with E-state index in [2.05, 4.69) is 36.3 Å². The first-order valence-corrected chi connectivity index (χ1v) is 6.88. The van der Waals surface area contributed by atoms with Gasteiger partial charge in [0.15, 0.2) is 0 Å². The molecule has 2 nitrogen and oxygen atoms in total. The average molecular weight is 234 g/mol. The van der Waals surface area contributed by atoms with E-state index in [4.69, 9.17) is 0 Å². The molecule has 1 N–H and O–H groups in total. The molecular weight excluding hydrogens is 208 g/mol. The minimum absolute atomic E-state index is 0.827. The summed E-state index contributed by atoms with van der Waals surface area (Å²) >= 11 is 0. The molecule has 0 amide bonds. The molecule has 0 bridgehead atoms. The van der Waals surface area contributed by atoms with Crippen molar-refractivity contribution in [2.24, 2.45) is 5.92 Å². The number of unbranched alkanes of at least 4 members (excludes halogenated alkanes) is 1. The molecule has 1 heterocycles. The second-order valence-corrected chi connectivity index (χ2v) is 4.86. The summed E-state index contributed by atoms with van der Waals surface area (Å²) in [6.07, 6.45) is 7.26. The van der Waals surface area contributed by atoms with E-state index in [1.807, 2.05) is 13.1 Å². The van der Waals surface area contributed by atoms with Gasteiger partial charge in [-0.15, -0.1) is 0 Å². The van der Waals surface area contributed by atoms with Crippen LogP contribution < -0.4 is 5.32 Å². The van der Waals surface area contributed by atoms with Crippen LogP contribution in [0.1, 0.15) is 50.8 Å². The molecule has 0 saturated heterocycles. The lowest BCUT2D eigenvalue weighted by Crippen LogP contribution is -2.22. The Morgan fingerprint density at radius 3 is 2.71 bits per heavy atom. The summed E-state index contributed by atoms with van der Waals surface area (Å²) in [5.74, 6) is 0.827. The maximum atomic E-state index is 4.31. The van der Waals surface area contributed by atoms with Crippen molar-refractivity contribution in [3.8, 4) is 0 Å². The summed E-state index contributed by atoms with van der Waals surface area (Å²) in [4.78, 5) is 4.31. The van der Waals surface area contributed by atoms with E-state index < -0.39 is 0 Å². The third kappa shape index (κ3) is 5.83. The van der Waals surface area contributed by atoms with Crippen molar-refractivity contribution in [3.05, 3.63) is 29.6 Å². The van der Waals surface area contributed by atoms with Crippen LogP contribution in [0, 0.1) is 12.8 Å². The molecular formula is C15H26N2. The highest BCUT2D eigenvalue weighted by molar-refractivity contribution is 5.12. The largest absolute Gasteiger partial charge is 0.312 e. The minimum atomic E-state index is 0.827. The number of aromatic nitrogens is 1. The number of hydrogen-bond acceptors (Lipinski definition) is 2. The molecule has 0 aliphatic rings. The van der Waals surface area contributed by atoms with Gasteiger partial charge in [-0.05, 0) is 37.4 Å². The Bertz CT molecular complexity index is 292. The zero-order valence-corrected chi connectivity index (χ0v) is 11.5. The fraction of sp³-hybridized carbons (Fsp3) is 0.667.